The van der Waals surface area contributed by atoms with Crippen LogP contribution in [0.25, 0.3) is 5.65 Å². The summed E-state index contributed by atoms with van der Waals surface area (Å²) in [5.74, 6) is -0.755. The van der Waals surface area contributed by atoms with Crippen LogP contribution in [0.15, 0.2) is 12.1 Å². The Kier molecular flexibility index (Phi) is 4.65. The minimum atomic E-state index is -4.61. The first-order valence-corrected chi connectivity index (χ1v) is 7.72. The van der Waals surface area contributed by atoms with E-state index in [2.05, 4.69) is 10.1 Å². The molecule has 7 nitrogen and oxygen atoms in total. The fourth-order valence-electron chi connectivity index (χ4n) is 2.74. The molecule has 1 amide bonds. The van der Waals surface area contributed by atoms with Crippen LogP contribution in [0.1, 0.15) is 21.9 Å². The van der Waals surface area contributed by atoms with Crippen LogP contribution in [0.5, 0.6) is 0 Å². The Labute approximate surface area is 141 Å². The minimum absolute atomic E-state index is 0.0412. The molecule has 0 unspecified atom stereocenters. The maximum atomic E-state index is 13.2. The van der Waals surface area contributed by atoms with Crippen molar-refractivity contribution in [1.29, 1.82) is 0 Å². The first-order valence-electron chi connectivity index (χ1n) is 7.72. The standard InChI is InChI=1S/C15H17F3N4O3/c1-9-4-12(15(16,17)18)22-13(19-9)5-11(20-22)14(24)21-2-3-25-8-10(6-21)7-23/h4-5,10,23H,2-3,6-8H2,1H3/t10-/m1/s1. The van der Waals surface area contributed by atoms with Crippen LogP contribution in [0, 0.1) is 12.8 Å². The number of alkyl halides is 3. The van der Waals surface area contributed by atoms with Crippen molar-refractivity contribution in [2.45, 2.75) is 13.1 Å². The summed E-state index contributed by atoms with van der Waals surface area (Å²) in [7, 11) is 0. The van der Waals surface area contributed by atoms with Gasteiger partial charge in [-0.15, -0.1) is 0 Å². The van der Waals surface area contributed by atoms with E-state index in [1.165, 1.54) is 17.9 Å². The minimum Gasteiger partial charge on any atom is -0.396 e. The number of ether oxygens (including phenoxy) is 1. The van der Waals surface area contributed by atoms with Gasteiger partial charge in [0, 0.05) is 37.4 Å². The summed E-state index contributed by atoms with van der Waals surface area (Å²) in [5, 5.41) is 13.1. The SMILES string of the molecule is Cc1cc(C(F)(F)F)n2nc(C(=O)N3CCOC[C@@H](CO)C3)cc2n1. The van der Waals surface area contributed by atoms with Gasteiger partial charge < -0.3 is 14.7 Å². The monoisotopic (exact) mass is 358 g/mol. The molecule has 0 aromatic carbocycles. The second-order valence-electron chi connectivity index (χ2n) is 5.95. The Morgan fingerprint density at radius 1 is 1.44 bits per heavy atom. The number of carbonyl (C=O) groups excluding carboxylic acids is 1. The number of nitrogens with zero attached hydrogens (tertiary/aromatic N) is 4. The van der Waals surface area contributed by atoms with Gasteiger partial charge in [-0.05, 0) is 13.0 Å². The Morgan fingerprint density at radius 3 is 2.88 bits per heavy atom. The Bertz CT molecular complexity index is 790. The zero-order valence-corrected chi connectivity index (χ0v) is 13.5. The van der Waals surface area contributed by atoms with Crippen molar-refractivity contribution in [2.24, 2.45) is 5.92 Å². The van der Waals surface area contributed by atoms with Gasteiger partial charge in [0.1, 0.15) is 5.69 Å². The smallest absolute Gasteiger partial charge is 0.396 e. The number of rotatable bonds is 2. The van der Waals surface area contributed by atoms with E-state index < -0.39 is 17.8 Å². The van der Waals surface area contributed by atoms with Gasteiger partial charge in [-0.3, -0.25) is 4.79 Å². The molecule has 3 rings (SSSR count). The first kappa shape index (κ1) is 17.6. The second-order valence-corrected chi connectivity index (χ2v) is 5.95. The lowest BCUT2D eigenvalue weighted by Crippen LogP contribution is -2.37. The summed E-state index contributed by atoms with van der Waals surface area (Å²) < 4.78 is 45.5. The van der Waals surface area contributed by atoms with E-state index in [-0.39, 0.29) is 42.6 Å². The molecule has 0 saturated carbocycles. The number of aliphatic hydroxyl groups excluding tert-OH is 1. The molecule has 1 aliphatic rings. The van der Waals surface area contributed by atoms with E-state index >= 15 is 0 Å². The second kappa shape index (κ2) is 6.60. The number of fused-ring (bicyclic) bond motifs is 1. The molecule has 2 aromatic rings. The highest BCUT2D eigenvalue weighted by Crippen LogP contribution is 2.30. The number of aromatic nitrogens is 3. The summed E-state index contributed by atoms with van der Waals surface area (Å²) in [5.41, 5.74) is -0.966. The van der Waals surface area contributed by atoms with Crippen molar-refractivity contribution in [1.82, 2.24) is 19.5 Å². The van der Waals surface area contributed by atoms with E-state index in [4.69, 9.17) is 4.74 Å². The van der Waals surface area contributed by atoms with E-state index in [9.17, 15) is 23.1 Å². The third-order valence-corrected chi connectivity index (χ3v) is 3.95. The molecule has 1 fully saturated rings. The highest BCUT2D eigenvalue weighted by molar-refractivity contribution is 5.93. The van der Waals surface area contributed by atoms with Gasteiger partial charge in [0.15, 0.2) is 11.3 Å². The zero-order chi connectivity index (χ0) is 18.2. The van der Waals surface area contributed by atoms with Gasteiger partial charge in [0.2, 0.25) is 0 Å². The number of aryl methyl sites for hydroxylation is 1. The largest absolute Gasteiger partial charge is 0.433 e. The van der Waals surface area contributed by atoms with Crippen LogP contribution < -0.4 is 0 Å². The van der Waals surface area contributed by atoms with E-state index in [0.717, 1.165) is 6.07 Å². The zero-order valence-electron chi connectivity index (χ0n) is 13.5. The molecule has 0 bridgehead atoms. The molecular formula is C15H17F3N4O3. The van der Waals surface area contributed by atoms with E-state index in [0.29, 0.717) is 17.7 Å². The molecule has 0 radical (unpaired) electrons. The Morgan fingerprint density at radius 2 is 2.20 bits per heavy atom. The number of carbonyl (C=O) groups is 1. The lowest BCUT2D eigenvalue weighted by atomic mass is 10.1. The predicted molar refractivity (Wildman–Crippen MR) is 80.0 cm³/mol. The highest BCUT2D eigenvalue weighted by atomic mass is 19.4. The molecule has 1 saturated heterocycles. The number of hydrogen-bond acceptors (Lipinski definition) is 5. The number of amides is 1. The number of aliphatic hydroxyl groups is 1. The molecule has 136 valence electrons. The average Bonchev–Trinajstić information content (AvgIpc) is 2.81. The van der Waals surface area contributed by atoms with Crippen molar-refractivity contribution in [2.75, 3.05) is 32.9 Å². The van der Waals surface area contributed by atoms with Gasteiger partial charge >= 0.3 is 6.18 Å². The Balaban J connectivity index is 1.97. The topological polar surface area (TPSA) is 80.0 Å². The average molecular weight is 358 g/mol. The van der Waals surface area contributed by atoms with Crippen LogP contribution in [-0.4, -0.2) is 63.4 Å². The molecule has 10 heteroatoms. The quantitative estimate of drug-likeness (QED) is 0.871. The van der Waals surface area contributed by atoms with Crippen molar-refractivity contribution in [3.8, 4) is 0 Å². The van der Waals surface area contributed by atoms with Crippen molar-refractivity contribution >= 4 is 11.6 Å². The van der Waals surface area contributed by atoms with Gasteiger partial charge in [-0.25, -0.2) is 9.50 Å². The van der Waals surface area contributed by atoms with Crippen LogP contribution >= 0.6 is 0 Å². The molecule has 2 aromatic heterocycles. The summed E-state index contributed by atoms with van der Waals surface area (Å²) in [6, 6.07) is 2.13. The fraction of sp³-hybridized carbons (Fsp3) is 0.533. The van der Waals surface area contributed by atoms with Crippen molar-refractivity contribution < 1.29 is 27.8 Å². The van der Waals surface area contributed by atoms with Gasteiger partial charge in [-0.1, -0.05) is 0 Å². The maximum absolute atomic E-state index is 13.2. The summed E-state index contributed by atoms with van der Waals surface area (Å²) >= 11 is 0. The maximum Gasteiger partial charge on any atom is 0.433 e. The Hall–Kier alpha value is -2.20. The molecule has 1 atom stereocenters. The van der Waals surface area contributed by atoms with Crippen LogP contribution in [0.4, 0.5) is 13.2 Å². The molecule has 0 aliphatic carbocycles. The summed E-state index contributed by atoms with van der Waals surface area (Å²) in [4.78, 5) is 18.1. The van der Waals surface area contributed by atoms with Crippen LogP contribution in [-0.2, 0) is 10.9 Å². The molecule has 1 aliphatic heterocycles. The van der Waals surface area contributed by atoms with Gasteiger partial charge in [0.25, 0.3) is 5.91 Å². The predicted octanol–water partition coefficient (Wildman–Crippen LogP) is 1.14. The number of halogens is 3. The molecule has 25 heavy (non-hydrogen) atoms. The first-order chi connectivity index (χ1) is 11.8. The van der Waals surface area contributed by atoms with Crippen LogP contribution in [0.2, 0.25) is 0 Å². The number of hydrogen-bond donors (Lipinski definition) is 1. The van der Waals surface area contributed by atoms with Gasteiger partial charge in [-0.2, -0.15) is 18.3 Å². The molecular weight excluding hydrogens is 341 g/mol. The fourth-order valence-corrected chi connectivity index (χ4v) is 2.74. The van der Waals surface area contributed by atoms with Crippen LogP contribution in [0.3, 0.4) is 0 Å². The summed E-state index contributed by atoms with van der Waals surface area (Å²) in [6.07, 6.45) is -4.61. The van der Waals surface area contributed by atoms with Crippen molar-refractivity contribution in [3.63, 3.8) is 0 Å². The molecule has 1 N–H and O–H groups in total. The molecule has 3 heterocycles. The third-order valence-electron chi connectivity index (χ3n) is 3.95. The van der Waals surface area contributed by atoms with Gasteiger partial charge in [0.05, 0.1) is 13.2 Å². The molecule has 0 spiro atoms. The van der Waals surface area contributed by atoms with Crippen molar-refractivity contribution in [3.05, 3.63) is 29.2 Å². The van der Waals surface area contributed by atoms with E-state index in [1.807, 2.05) is 0 Å². The summed E-state index contributed by atoms with van der Waals surface area (Å²) in [6.45, 7) is 2.45. The lowest BCUT2D eigenvalue weighted by Gasteiger charge is -2.21. The normalized spacial score (nSPS) is 19.2. The third kappa shape index (κ3) is 3.59. The van der Waals surface area contributed by atoms with E-state index in [1.54, 1.807) is 0 Å². The lowest BCUT2D eigenvalue weighted by molar-refractivity contribution is -0.142. The highest BCUT2D eigenvalue weighted by Gasteiger charge is 2.35.